The molecule has 1 heterocycles. The number of nitrogens with zero attached hydrogens (tertiary/aromatic N) is 1. The molecule has 0 fully saturated rings. The van der Waals surface area contributed by atoms with E-state index in [-0.39, 0.29) is 0 Å². The van der Waals surface area contributed by atoms with Crippen molar-refractivity contribution in [2.45, 2.75) is 25.8 Å². The van der Waals surface area contributed by atoms with Gasteiger partial charge in [-0.05, 0) is 44.2 Å². The molecule has 1 N–H and O–H groups in total. The zero-order valence-corrected chi connectivity index (χ0v) is 14.3. The third-order valence-electron chi connectivity index (χ3n) is 3.22. The predicted octanol–water partition coefficient (Wildman–Crippen LogP) is 3.60. The number of thiazole rings is 1. The smallest absolute Gasteiger partial charge is 0.119 e. The summed E-state index contributed by atoms with van der Waals surface area (Å²) < 4.78 is 6.41. The Labute approximate surface area is 132 Å². The topological polar surface area (TPSA) is 34.2 Å². The average Bonchev–Trinajstić information content (AvgIpc) is 2.85. The zero-order valence-electron chi connectivity index (χ0n) is 11.9. The molecular weight excluding hydrogens is 336 g/mol. The largest absolute Gasteiger partial charge is 0.497 e. The van der Waals surface area contributed by atoms with Crippen molar-refractivity contribution >= 4 is 27.3 Å². The second-order valence-corrected chi connectivity index (χ2v) is 6.53. The SMILES string of the molecule is CNC(Cc1nc(C)cs1)Cc1cc(OC)ccc1Br. The first kappa shape index (κ1) is 15.5. The van der Waals surface area contributed by atoms with E-state index in [4.69, 9.17) is 4.74 Å². The van der Waals surface area contributed by atoms with Crippen LogP contribution in [0.15, 0.2) is 28.1 Å². The number of likely N-dealkylation sites (N-methyl/N-ethyl adjacent to an activating group) is 1. The Morgan fingerprint density at radius 3 is 2.80 bits per heavy atom. The van der Waals surface area contributed by atoms with Crippen LogP contribution in [0.5, 0.6) is 5.75 Å². The van der Waals surface area contributed by atoms with Gasteiger partial charge in [0.15, 0.2) is 0 Å². The van der Waals surface area contributed by atoms with Gasteiger partial charge in [0, 0.05) is 28.0 Å². The zero-order chi connectivity index (χ0) is 14.5. The molecule has 0 aliphatic rings. The first-order valence-electron chi connectivity index (χ1n) is 6.53. The second-order valence-electron chi connectivity index (χ2n) is 4.73. The summed E-state index contributed by atoms with van der Waals surface area (Å²) >= 11 is 5.34. The summed E-state index contributed by atoms with van der Waals surface area (Å²) in [6.45, 7) is 2.03. The van der Waals surface area contributed by atoms with E-state index in [0.29, 0.717) is 6.04 Å². The standard InChI is InChI=1S/C15H19BrN2OS/c1-10-9-20-15(18-10)8-12(17-2)6-11-7-13(19-3)4-5-14(11)16/h4-5,7,9,12,17H,6,8H2,1-3H3. The molecule has 20 heavy (non-hydrogen) atoms. The molecule has 0 saturated heterocycles. The highest BCUT2D eigenvalue weighted by Crippen LogP contribution is 2.24. The molecule has 0 spiro atoms. The van der Waals surface area contributed by atoms with E-state index in [1.54, 1.807) is 18.4 Å². The number of benzene rings is 1. The van der Waals surface area contributed by atoms with Crippen molar-refractivity contribution in [1.82, 2.24) is 10.3 Å². The van der Waals surface area contributed by atoms with Gasteiger partial charge in [0.25, 0.3) is 0 Å². The number of aryl methyl sites for hydroxylation is 1. The van der Waals surface area contributed by atoms with Gasteiger partial charge in [0.1, 0.15) is 5.75 Å². The summed E-state index contributed by atoms with van der Waals surface area (Å²) in [5, 5.41) is 6.66. The van der Waals surface area contributed by atoms with Crippen LogP contribution in [0.3, 0.4) is 0 Å². The molecule has 2 aromatic rings. The van der Waals surface area contributed by atoms with Gasteiger partial charge in [-0.15, -0.1) is 11.3 Å². The molecule has 1 aromatic carbocycles. The number of halogens is 1. The maximum atomic E-state index is 5.30. The Bertz CT molecular complexity index is 571. The minimum Gasteiger partial charge on any atom is -0.497 e. The van der Waals surface area contributed by atoms with E-state index in [1.165, 1.54) is 10.6 Å². The van der Waals surface area contributed by atoms with Crippen LogP contribution in [0, 0.1) is 6.92 Å². The van der Waals surface area contributed by atoms with Crippen molar-refractivity contribution in [3.63, 3.8) is 0 Å². The third kappa shape index (κ3) is 4.04. The van der Waals surface area contributed by atoms with E-state index in [0.717, 1.165) is 28.8 Å². The van der Waals surface area contributed by atoms with E-state index in [9.17, 15) is 0 Å². The number of rotatable bonds is 6. The molecule has 0 aliphatic carbocycles. The lowest BCUT2D eigenvalue weighted by Crippen LogP contribution is -2.30. The van der Waals surface area contributed by atoms with Gasteiger partial charge < -0.3 is 10.1 Å². The quantitative estimate of drug-likeness (QED) is 0.860. The van der Waals surface area contributed by atoms with Gasteiger partial charge in [0.05, 0.1) is 12.1 Å². The van der Waals surface area contributed by atoms with Gasteiger partial charge in [-0.25, -0.2) is 4.98 Å². The van der Waals surface area contributed by atoms with Crippen molar-refractivity contribution in [2.24, 2.45) is 0 Å². The molecular formula is C15H19BrN2OS. The van der Waals surface area contributed by atoms with Gasteiger partial charge in [-0.2, -0.15) is 0 Å². The number of ether oxygens (including phenoxy) is 1. The molecule has 3 nitrogen and oxygen atoms in total. The average molecular weight is 355 g/mol. The van der Waals surface area contributed by atoms with E-state index < -0.39 is 0 Å². The molecule has 108 valence electrons. The molecule has 1 unspecified atom stereocenters. The Balaban J connectivity index is 2.09. The summed E-state index contributed by atoms with van der Waals surface area (Å²) in [5.74, 6) is 0.892. The van der Waals surface area contributed by atoms with Crippen LogP contribution in [-0.2, 0) is 12.8 Å². The van der Waals surface area contributed by atoms with Gasteiger partial charge in [-0.1, -0.05) is 15.9 Å². The molecule has 0 radical (unpaired) electrons. The fourth-order valence-corrected chi connectivity index (χ4v) is 3.35. The van der Waals surface area contributed by atoms with Crippen molar-refractivity contribution in [3.05, 3.63) is 44.3 Å². The number of methoxy groups -OCH3 is 1. The Morgan fingerprint density at radius 1 is 1.40 bits per heavy atom. The number of nitrogens with one attached hydrogen (secondary N) is 1. The summed E-state index contributed by atoms with van der Waals surface area (Å²) in [7, 11) is 3.69. The summed E-state index contributed by atoms with van der Waals surface area (Å²) in [6, 6.07) is 6.45. The maximum absolute atomic E-state index is 5.30. The molecule has 1 atom stereocenters. The molecule has 0 saturated carbocycles. The van der Waals surface area contributed by atoms with E-state index in [2.05, 4.69) is 37.7 Å². The second kappa shape index (κ2) is 7.20. The van der Waals surface area contributed by atoms with Crippen LogP contribution in [0.1, 0.15) is 16.3 Å². The highest BCUT2D eigenvalue weighted by molar-refractivity contribution is 9.10. The van der Waals surface area contributed by atoms with Crippen molar-refractivity contribution < 1.29 is 4.74 Å². The summed E-state index contributed by atoms with van der Waals surface area (Å²) in [6.07, 6.45) is 1.88. The highest BCUT2D eigenvalue weighted by Gasteiger charge is 2.13. The Morgan fingerprint density at radius 2 is 2.20 bits per heavy atom. The van der Waals surface area contributed by atoms with Crippen LogP contribution in [0.2, 0.25) is 0 Å². The van der Waals surface area contributed by atoms with Crippen LogP contribution >= 0.6 is 27.3 Å². The van der Waals surface area contributed by atoms with Gasteiger partial charge in [-0.3, -0.25) is 0 Å². The van der Waals surface area contributed by atoms with Crippen molar-refractivity contribution in [1.29, 1.82) is 0 Å². The van der Waals surface area contributed by atoms with Gasteiger partial charge >= 0.3 is 0 Å². The molecule has 0 bridgehead atoms. The number of hydrogen-bond donors (Lipinski definition) is 1. The lowest BCUT2D eigenvalue weighted by molar-refractivity contribution is 0.413. The monoisotopic (exact) mass is 354 g/mol. The number of aromatic nitrogens is 1. The molecule has 5 heteroatoms. The molecule has 1 aromatic heterocycles. The van der Waals surface area contributed by atoms with Crippen molar-refractivity contribution in [3.8, 4) is 5.75 Å². The Kier molecular flexibility index (Phi) is 5.57. The fourth-order valence-electron chi connectivity index (χ4n) is 2.08. The number of hydrogen-bond acceptors (Lipinski definition) is 4. The first-order valence-corrected chi connectivity index (χ1v) is 8.20. The van der Waals surface area contributed by atoms with Crippen molar-refractivity contribution in [2.75, 3.05) is 14.2 Å². The highest BCUT2D eigenvalue weighted by atomic mass is 79.9. The Hall–Kier alpha value is -0.910. The lowest BCUT2D eigenvalue weighted by Gasteiger charge is -2.16. The molecule has 0 amide bonds. The summed E-state index contributed by atoms with van der Waals surface area (Å²) in [4.78, 5) is 4.54. The minimum absolute atomic E-state index is 0.365. The fraction of sp³-hybridized carbons (Fsp3) is 0.400. The predicted molar refractivity (Wildman–Crippen MR) is 87.8 cm³/mol. The van der Waals surface area contributed by atoms with Crippen LogP contribution in [0.25, 0.3) is 0 Å². The van der Waals surface area contributed by atoms with E-state index in [1.807, 2.05) is 26.1 Å². The summed E-state index contributed by atoms with van der Waals surface area (Å²) in [5.41, 5.74) is 2.35. The first-order chi connectivity index (χ1) is 9.62. The molecule has 2 rings (SSSR count). The van der Waals surface area contributed by atoms with Crippen LogP contribution in [-0.4, -0.2) is 25.2 Å². The van der Waals surface area contributed by atoms with Crippen LogP contribution in [0.4, 0.5) is 0 Å². The van der Waals surface area contributed by atoms with Crippen LogP contribution < -0.4 is 10.1 Å². The maximum Gasteiger partial charge on any atom is 0.119 e. The molecule has 0 aliphatic heterocycles. The lowest BCUT2D eigenvalue weighted by atomic mass is 10.0. The van der Waals surface area contributed by atoms with E-state index >= 15 is 0 Å². The van der Waals surface area contributed by atoms with Gasteiger partial charge in [0.2, 0.25) is 0 Å². The minimum atomic E-state index is 0.365. The normalized spacial score (nSPS) is 12.4. The third-order valence-corrected chi connectivity index (χ3v) is 4.98.